The SMILES string of the molecule is CCN(CC)CCN(C(=O)OCC1CCNCC1)C(=O)c1c(C)[nH]c(/C=C2\C(=O)Nc3ccc(F)cc32)c1C. The van der Waals surface area contributed by atoms with E-state index in [2.05, 4.69) is 20.5 Å². The van der Waals surface area contributed by atoms with Crippen LogP contribution in [0.15, 0.2) is 18.2 Å². The van der Waals surface area contributed by atoms with E-state index in [0.29, 0.717) is 45.9 Å². The van der Waals surface area contributed by atoms with Crippen LogP contribution >= 0.6 is 0 Å². The smallest absolute Gasteiger partial charge is 0.416 e. The molecule has 9 nitrogen and oxygen atoms in total. The minimum Gasteiger partial charge on any atom is -0.449 e. The van der Waals surface area contributed by atoms with E-state index in [-0.39, 0.29) is 25.0 Å². The first-order chi connectivity index (χ1) is 18.7. The maximum atomic E-state index is 13.9. The minimum absolute atomic E-state index is 0.196. The van der Waals surface area contributed by atoms with Crippen molar-refractivity contribution in [3.8, 4) is 0 Å². The van der Waals surface area contributed by atoms with E-state index >= 15 is 0 Å². The van der Waals surface area contributed by atoms with E-state index in [1.807, 2.05) is 13.8 Å². The molecule has 3 N–H and O–H groups in total. The van der Waals surface area contributed by atoms with Crippen LogP contribution < -0.4 is 10.6 Å². The summed E-state index contributed by atoms with van der Waals surface area (Å²) >= 11 is 0. The molecule has 2 aromatic rings. The van der Waals surface area contributed by atoms with Gasteiger partial charge < -0.3 is 25.3 Å². The normalized spacial score (nSPS) is 16.5. The van der Waals surface area contributed by atoms with Gasteiger partial charge in [-0.1, -0.05) is 13.8 Å². The summed E-state index contributed by atoms with van der Waals surface area (Å²) in [4.78, 5) is 46.2. The number of likely N-dealkylation sites (N-methyl/N-ethyl adjacent to an activating group) is 1. The Morgan fingerprint density at radius 1 is 1.13 bits per heavy atom. The quantitative estimate of drug-likeness (QED) is 0.413. The number of aromatic nitrogens is 1. The highest BCUT2D eigenvalue weighted by atomic mass is 19.1. The number of ether oxygens (including phenoxy) is 1. The Labute approximate surface area is 228 Å². The van der Waals surface area contributed by atoms with Crippen molar-refractivity contribution in [3.63, 3.8) is 0 Å². The van der Waals surface area contributed by atoms with Crippen molar-refractivity contribution in [1.29, 1.82) is 0 Å². The van der Waals surface area contributed by atoms with Gasteiger partial charge in [-0.15, -0.1) is 0 Å². The first kappa shape index (κ1) is 28.5. The largest absolute Gasteiger partial charge is 0.449 e. The first-order valence-corrected chi connectivity index (χ1v) is 13.7. The van der Waals surface area contributed by atoms with Crippen LogP contribution in [0, 0.1) is 25.6 Å². The van der Waals surface area contributed by atoms with Crippen molar-refractivity contribution < 1.29 is 23.5 Å². The van der Waals surface area contributed by atoms with E-state index in [0.717, 1.165) is 39.0 Å². The van der Waals surface area contributed by atoms with Crippen molar-refractivity contribution in [2.75, 3.05) is 51.2 Å². The monoisotopic (exact) mass is 539 g/mol. The first-order valence-electron chi connectivity index (χ1n) is 13.7. The number of H-pyrrole nitrogens is 1. The number of aromatic amines is 1. The number of anilines is 1. The fourth-order valence-electron chi connectivity index (χ4n) is 5.19. The zero-order valence-corrected chi connectivity index (χ0v) is 23.2. The second kappa shape index (κ2) is 12.6. The van der Waals surface area contributed by atoms with Crippen LogP contribution in [0.3, 0.4) is 0 Å². The van der Waals surface area contributed by atoms with Gasteiger partial charge >= 0.3 is 6.09 Å². The highest BCUT2D eigenvalue weighted by Gasteiger charge is 2.31. The summed E-state index contributed by atoms with van der Waals surface area (Å²) in [7, 11) is 0. The van der Waals surface area contributed by atoms with Crippen LogP contribution in [-0.4, -0.2) is 78.6 Å². The number of carbonyl (C=O) groups excluding carboxylic acids is 3. The van der Waals surface area contributed by atoms with Crippen molar-refractivity contribution in [3.05, 3.63) is 52.1 Å². The lowest BCUT2D eigenvalue weighted by Gasteiger charge is -2.27. The standard InChI is InChI=1S/C29H38FN5O4/c1-5-34(6-2)13-14-35(29(38)39-17-20-9-11-31-12-10-20)28(37)26-18(3)25(32-19(26)4)16-23-22-15-21(30)7-8-24(22)33-27(23)36/h7-8,15-16,20,31-32H,5-6,9-14,17H2,1-4H3,(H,33,36)/b23-16-. The van der Waals surface area contributed by atoms with E-state index in [9.17, 15) is 18.8 Å². The van der Waals surface area contributed by atoms with Crippen LogP contribution in [0.25, 0.3) is 11.6 Å². The number of nitrogens with one attached hydrogen (secondary N) is 3. The van der Waals surface area contributed by atoms with Crippen molar-refractivity contribution in [2.24, 2.45) is 5.92 Å². The maximum absolute atomic E-state index is 13.9. The third-order valence-corrected chi connectivity index (χ3v) is 7.64. The molecule has 4 rings (SSSR count). The molecular weight excluding hydrogens is 501 g/mol. The summed E-state index contributed by atoms with van der Waals surface area (Å²) in [6.07, 6.45) is 2.82. The number of aryl methyl sites for hydroxylation is 1. The van der Waals surface area contributed by atoms with Gasteiger partial charge in [0, 0.05) is 35.7 Å². The van der Waals surface area contributed by atoms with Crippen molar-refractivity contribution in [2.45, 2.75) is 40.5 Å². The van der Waals surface area contributed by atoms with E-state index in [4.69, 9.17) is 4.74 Å². The van der Waals surface area contributed by atoms with Crippen LogP contribution in [-0.2, 0) is 9.53 Å². The molecule has 0 saturated carbocycles. The lowest BCUT2D eigenvalue weighted by molar-refractivity contribution is -0.110. The highest BCUT2D eigenvalue weighted by molar-refractivity contribution is 6.35. The Morgan fingerprint density at radius 2 is 1.85 bits per heavy atom. The number of piperidine rings is 1. The number of hydrogen-bond donors (Lipinski definition) is 3. The molecule has 2 aliphatic rings. The molecule has 1 aromatic carbocycles. The van der Waals surface area contributed by atoms with Gasteiger partial charge in [0.05, 0.1) is 17.7 Å². The number of fused-ring (bicyclic) bond motifs is 1. The molecule has 0 radical (unpaired) electrons. The Balaban J connectivity index is 1.60. The van der Waals surface area contributed by atoms with Gasteiger partial charge in [0.15, 0.2) is 0 Å². The fourth-order valence-corrected chi connectivity index (χ4v) is 5.19. The van der Waals surface area contributed by atoms with Crippen LogP contribution in [0.5, 0.6) is 0 Å². The number of imide groups is 1. The average Bonchev–Trinajstić information content (AvgIpc) is 3.39. The lowest BCUT2D eigenvalue weighted by atomic mass is 9.99. The molecular formula is C29H38FN5O4. The Hall–Kier alpha value is -3.50. The second-order valence-electron chi connectivity index (χ2n) is 10.1. The topological polar surface area (TPSA) is 107 Å². The number of nitrogens with zero attached hydrogens (tertiary/aromatic N) is 2. The summed E-state index contributed by atoms with van der Waals surface area (Å²) in [5.74, 6) is -0.972. The number of halogens is 1. The molecule has 0 atom stereocenters. The lowest BCUT2D eigenvalue weighted by Crippen LogP contribution is -2.43. The van der Waals surface area contributed by atoms with E-state index in [1.54, 1.807) is 19.9 Å². The van der Waals surface area contributed by atoms with Crippen LogP contribution in [0.4, 0.5) is 14.9 Å². The molecule has 2 aliphatic heterocycles. The molecule has 210 valence electrons. The molecule has 39 heavy (non-hydrogen) atoms. The Kier molecular flexibility index (Phi) is 9.19. The zero-order chi connectivity index (χ0) is 28.1. The summed E-state index contributed by atoms with van der Waals surface area (Å²) < 4.78 is 19.6. The van der Waals surface area contributed by atoms with Crippen LogP contribution in [0.1, 0.15) is 59.6 Å². The summed E-state index contributed by atoms with van der Waals surface area (Å²) in [5, 5.41) is 6.04. The number of amides is 3. The molecule has 1 aromatic heterocycles. The number of benzene rings is 1. The Morgan fingerprint density at radius 3 is 2.54 bits per heavy atom. The fraction of sp³-hybridized carbons (Fsp3) is 0.483. The van der Waals surface area contributed by atoms with Crippen molar-refractivity contribution >= 4 is 35.2 Å². The molecule has 3 heterocycles. The molecule has 10 heteroatoms. The van der Waals surface area contributed by atoms with Gasteiger partial charge in [-0.2, -0.15) is 0 Å². The van der Waals surface area contributed by atoms with Gasteiger partial charge in [-0.25, -0.2) is 14.1 Å². The number of carbonyl (C=O) groups is 3. The molecule has 3 amide bonds. The van der Waals surface area contributed by atoms with Gasteiger partial charge in [0.25, 0.3) is 11.8 Å². The molecule has 0 aliphatic carbocycles. The molecule has 1 fully saturated rings. The summed E-state index contributed by atoms with van der Waals surface area (Å²) in [6, 6.07) is 4.12. The molecule has 0 unspecified atom stereocenters. The van der Waals surface area contributed by atoms with Gasteiger partial charge in [-0.3, -0.25) is 9.59 Å². The number of hydrogen-bond acceptors (Lipinski definition) is 6. The maximum Gasteiger partial charge on any atom is 0.416 e. The zero-order valence-electron chi connectivity index (χ0n) is 23.2. The molecule has 0 bridgehead atoms. The third-order valence-electron chi connectivity index (χ3n) is 7.64. The average molecular weight is 540 g/mol. The predicted molar refractivity (Wildman–Crippen MR) is 149 cm³/mol. The third kappa shape index (κ3) is 6.39. The molecule has 1 saturated heterocycles. The Bertz CT molecular complexity index is 1260. The predicted octanol–water partition coefficient (Wildman–Crippen LogP) is 4.18. The van der Waals surface area contributed by atoms with E-state index < -0.39 is 17.8 Å². The van der Waals surface area contributed by atoms with Gasteiger partial charge in [0.1, 0.15) is 5.82 Å². The van der Waals surface area contributed by atoms with Gasteiger partial charge in [-0.05, 0) is 88.6 Å². The van der Waals surface area contributed by atoms with E-state index in [1.165, 1.54) is 23.1 Å². The number of rotatable bonds is 9. The second-order valence-corrected chi connectivity index (χ2v) is 10.1. The van der Waals surface area contributed by atoms with Gasteiger partial charge in [0.2, 0.25) is 0 Å². The highest BCUT2D eigenvalue weighted by Crippen LogP contribution is 2.34. The van der Waals surface area contributed by atoms with Crippen molar-refractivity contribution in [1.82, 2.24) is 20.1 Å². The molecule has 0 spiro atoms. The minimum atomic E-state index is -0.648. The summed E-state index contributed by atoms with van der Waals surface area (Å²) in [5.41, 5.74) is 3.37. The van der Waals surface area contributed by atoms with Crippen LogP contribution in [0.2, 0.25) is 0 Å². The summed E-state index contributed by atoms with van der Waals surface area (Å²) in [6.45, 7) is 12.0.